The Morgan fingerprint density at radius 1 is 1.11 bits per heavy atom. The van der Waals surface area contributed by atoms with Crippen molar-refractivity contribution in [2.24, 2.45) is 0 Å². The Morgan fingerprint density at radius 3 is 2.32 bits per heavy atom. The fraction of sp³-hybridized carbons (Fsp3) is 0.188. The highest BCUT2D eigenvalue weighted by molar-refractivity contribution is 9.10. The molecule has 0 aliphatic carbocycles. The highest BCUT2D eigenvalue weighted by Gasteiger charge is 2.25. The van der Waals surface area contributed by atoms with E-state index in [1.54, 1.807) is 0 Å². The summed E-state index contributed by atoms with van der Waals surface area (Å²) in [5.41, 5.74) is 1.46. The molecule has 0 saturated heterocycles. The third-order valence-electron chi connectivity index (χ3n) is 3.13. The van der Waals surface area contributed by atoms with Gasteiger partial charge >= 0.3 is 0 Å². The lowest BCUT2D eigenvalue weighted by molar-refractivity contribution is 0.464. The van der Waals surface area contributed by atoms with Crippen molar-refractivity contribution in [2.45, 2.75) is 19.0 Å². The van der Waals surface area contributed by atoms with E-state index in [1.165, 1.54) is 0 Å². The van der Waals surface area contributed by atoms with Crippen LogP contribution in [0.15, 0.2) is 59.1 Å². The molecule has 1 atom stereocenters. The van der Waals surface area contributed by atoms with Gasteiger partial charge in [0, 0.05) is 11.0 Å². The minimum atomic E-state index is -0.672. The number of nitrogens with one attached hydrogen (secondary N) is 1. The molecule has 2 nitrogen and oxygen atoms in total. The Balaban J connectivity index is 2.12. The van der Waals surface area contributed by atoms with Gasteiger partial charge < -0.3 is 0 Å². The van der Waals surface area contributed by atoms with Gasteiger partial charge in [-0.05, 0) is 30.2 Å². The summed E-state index contributed by atoms with van der Waals surface area (Å²) in [6, 6.07) is 20.2. The predicted molar refractivity (Wildman–Crippen MR) is 80.4 cm³/mol. The summed E-state index contributed by atoms with van der Waals surface area (Å²) in [6.07, 6.45) is 0. The number of benzene rings is 2. The van der Waals surface area contributed by atoms with E-state index >= 15 is 0 Å². The van der Waals surface area contributed by atoms with Gasteiger partial charge in [0.1, 0.15) is 5.54 Å². The predicted octanol–water partition coefficient (Wildman–Crippen LogP) is 3.98. The standard InChI is InChI=1S/C16H15BrN2/c1-16(12-18,14-5-3-2-4-6-14)19-11-13-7-9-15(17)10-8-13/h2-10,19H,11H2,1H3. The highest BCUT2D eigenvalue weighted by Crippen LogP contribution is 2.20. The maximum absolute atomic E-state index is 9.44. The Labute approximate surface area is 122 Å². The van der Waals surface area contributed by atoms with E-state index in [2.05, 4.69) is 27.3 Å². The molecule has 2 aromatic carbocycles. The van der Waals surface area contributed by atoms with Crippen LogP contribution in [0.1, 0.15) is 18.1 Å². The third-order valence-corrected chi connectivity index (χ3v) is 3.66. The first-order chi connectivity index (χ1) is 9.14. The number of halogens is 1. The van der Waals surface area contributed by atoms with Crippen LogP contribution in [0.3, 0.4) is 0 Å². The molecule has 0 heterocycles. The molecule has 0 bridgehead atoms. The van der Waals surface area contributed by atoms with Gasteiger partial charge in [-0.15, -0.1) is 0 Å². The molecule has 0 radical (unpaired) electrons. The maximum atomic E-state index is 9.44. The van der Waals surface area contributed by atoms with Gasteiger partial charge in [-0.3, -0.25) is 5.32 Å². The Morgan fingerprint density at radius 2 is 1.74 bits per heavy atom. The Hall–Kier alpha value is -1.63. The lowest BCUT2D eigenvalue weighted by atomic mass is 9.93. The van der Waals surface area contributed by atoms with E-state index < -0.39 is 5.54 Å². The number of hydrogen-bond donors (Lipinski definition) is 1. The van der Waals surface area contributed by atoms with Gasteiger partial charge in [-0.25, -0.2) is 0 Å². The van der Waals surface area contributed by atoms with Crippen molar-refractivity contribution in [3.8, 4) is 6.07 Å². The molecule has 0 amide bonds. The molecule has 0 fully saturated rings. The first-order valence-corrected chi connectivity index (χ1v) is 6.89. The minimum absolute atomic E-state index is 0.659. The van der Waals surface area contributed by atoms with Crippen LogP contribution in [0.25, 0.3) is 0 Å². The molecule has 0 saturated carbocycles. The van der Waals surface area contributed by atoms with Crippen LogP contribution < -0.4 is 5.32 Å². The molecule has 1 N–H and O–H groups in total. The molecule has 19 heavy (non-hydrogen) atoms. The molecule has 0 aliphatic rings. The fourth-order valence-corrected chi connectivity index (χ4v) is 2.12. The van der Waals surface area contributed by atoms with Gasteiger partial charge in [0.05, 0.1) is 6.07 Å². The van der Waals surface area contributed by atoms with Crippen LogP contribution in [0.5, 0.6) is 0 Å². The molecule has 2 rings (SSSR count). The minimum Gasteiger partial charge on any atom is -0.292 e. The SMILES string of the molecule is CC(C#N)(NCc1ccc(Br)cc1)c1ccccc1. The number of nitrogens with zero attached hydrogens (tertiary/aromatic N) is 1. The van der Waals surface area contributed by atoms with Crippen molar-refractivity contribution < 1.29 is 0 Å². The third kappa shape index (κ3) is 3.44. The van der Waals surface area contributed by atoms with Gasteiger partial charge in [-0.2, -0.15) is 5.26 Å². The van der Waals surface area contributed by atoms with E-state index in [-0.39, 0.29) is 0 Å². The molecule has 1 unspecified atom stereocenters. The Bertz CT molecular complexity index is 572. The van der Waals surface area contributed by atoms with Gasteiger partial charge in [0.15, 0.2) is 0 Å². The fourth-order valence-electron chi connectivity index (χ4n) is 1.86. The summed E-state index contributed by atoms with van der Waals surface area (Å²) in [4.78, 5) is 0. The van der Waals surface area contributed by atoms with Crippen LogP contribution in [-0.2, 0) is 12.1 Å². The van der Waals surface area contributed by atoms with Crippen molar-refractivity contribution >= 4 is 15.9 Å². The largest absolute Gasteiger partial charge is 0.292 e. The second-order valence-electron chi connectivity index (χ2n) is 4.58. The van der Waals surface area contributed by atoms with E-state index in [0.29, 0.717) is 6.54 Å². The van der Waals surface area contributed by atoms with Crippen LogP contribution in [-0.4, -0.2) is 0 Å². The monoisotopic (exact) mass is 314 g/mol. The number of rotatable bonds is 4. The summed E-state index contributed by atoms with van der Waals surface area (Å²) < 4.78 is 1.06. The van der Waals surface area contributed by atoms with E-state index in [1.807, 2.05) is 61.5 Å². The summed E-state index contributed by atoms with van der Waals surface area (Å²) in [7, 11) is 0. The summed E-state index contributed by atoms with van der Waals surface area (Å²) in [6.45, 7) is 2.56. The molecule has 0 spiro atoms. The molecule has 96 valence electrons. The molecule has 0 aromatic heterocycles. The van der Waals surface area contributed by atoms with Crippen LogP contribution in [0.2, 0.25) is 0 Å². The van der Waals surface area contributed by atoms with E-state index in [9.17, 15) is 5.26 Å². The zero-order valence-corrected chi connectivity index (χ0v) is 12.3. The van der Waals surface area contributed by atoms with Crippen molar-refractivity contribution in [3.63, 3.8) is 0 Å². The van der Waals surface area contributed by atoms with Crippen molar-refractivity contribution in [1.29, 1.82) is 5.26 Å². The molecule has 3 heteroatoms. The maximum Gasteiger partial charge on any atom is 0.129 e. The first-order valence-electron chi connectivity index (χ1n) is 6.10. The van der Waals surface area contributed by atoms with E-state index in [0.717, 1.165) is 15.6 Å². The quantitative estimate of drug-likeness (QED) is 0.926. The van der Waals surface area contributed by atoms with E-state index in [4.69, 9.17) is 0 Å². The lowest BCUT2D eigenvalue weighted by Crippen LogP contribution is -2.37. The first kappa shape index (κ1) is 13.8. The highest BCUT2D eigenvalue weighted by atomic mass is 79.9. The molecule has 0 aliphatic heterocycles. The molecule has 2 aromatic rings. The van der Waals surface area contributed by atoms with Gasteiger partial charge in [0.25, 0.3) is 0 Å². The number of nitriles is 1. The molecular formula is C16H15BrN2. The summed E-state index contributed by atoms with van der Waals surface area (Å²) in [5.74, 6) is 0. The van der Waals surface area contributed by atoms with Crippen LogP contribution in [0, 0.1) is 11.3 Å². The second kappa shape index (κ2) is 6.01. The summed E-state index contributed by atoms with van der Waals surface area (Å²) >= 11 is 3.41. The van der Waals surface area contributed by atoms with Crippen LogP contribution >= 0.6 is 15.9 Å². The normalized spacial score (nSPS) is 13.5. The van der Waals surface area contributed by atoms with Crippen molar-refractivity contribution in [3.05, 3.63) is 70.2 Å². The van der Waals surface area contributed by atoms with Crippen LogP contribution in [0.4, 0.5) is 0 Å². The smallest absolute Gasteiger partial charge is 0.129 e. The van der Waals surface area contributed by atoms with Crippen molar-refractivity contribution in [1.82, 2.24) is 5.32 Å². The summed E-state index contributed by atoms with van der Waals surface area (Å²) in [5, 5.41) is 12.8. The second-order valence-corrected chi connectivity index (χ2v) is 5.50. The van der Waals surface area contributed by atoms with Gasteiger partial charge in [0.2, 0.25) is 0 Å². The topological polar surface area (TPSA) is 35.8 Å². The van der Waals surface area contributed by atoms with Gasteiger partial charge in [-0.1, -0.05) is 58.4 Å². The zero-order valence-electron chi connectivity index (χ0n) is 10.7. The molecular weight excluding hydrogens is 300 g/mol. The zero-order chi connectivity index (χ0) is 13.7. The average molecular weight is 315 g/mol. The Kier molecular flexibility index (Phi) is 4.36. The average Bonchev–Trinajstić information content (AvgIpc) is 2.47. The van der Waals surface area contributed by atoms with Crippen molar-refractivity contribution in [2.75, 3.05) is 0 Å². The lowest BCUT2D eigenvalue weighted by Gasteiger charge is -2.24. The number of hydrogen-bond acceptors (Lipinski definition) is 2.